The van der Waals surface area contributed by atoms with Gasteiger partial charge in [-0.15, -0.1) is 0 Å². The molecule has 3 rings (SSSR count). The summed E-state index contributed by atoms with van der Waals surface area (Å²) in [4.78, 5) is 14.3. The summed E-state index contributed by atoms with van der Waals surface area (Å²) in [6, 6.07) is 7.99. The third-order valence-corrected chi connectivity index (χ3v) is 2.76. The fourth-order valence-corrected chi connectivity index (χ4v) is 1.98. The van der Waals surface area contributed by atoms with E-state index < -0.39 is 0 Å². The van der Waals surface area contributed by atoms with E-state index in [0.717, 1.165) is 23.9 Å². The summed E-state index contributed by atoms with van der Waals surface area (Å²) in [7, 11) is 0. The molecule has 2 heteroatoms. The Morgan fingerprint density at radius 2 is 1.85 bits per heavy atom. The number of hydrogen-bond acceptors (Lipinski definition) is 1. The molecule has 0 spiro atoms. The van der Waals surface area contributed by atoms with Crippen LogP contribution in [0.4, 0.5) is 0 Å². The summed E-state index contributed by atoms with van der Waals surface area (Å²) >= 11 is 0. The first-order valence-electron chi connectivity index (χ1n) is 4.49. The summed E-state index contributed by atoms with van der Waals surface area (Å²) in [5.41, 5.74) is 3.30. The largest absolute Gasteiger partial charge is 0.322 e. The van der Waals surface area contributed by atoms with Gasteiger partial charge in [0.25, 0.3) is 5.56 Å². The maximum atomic E-state index is 11.4. The Morgan fingerprint density at radius 1 is 1.08 bits per heavy atom. The van der Waals surface area contributed by atoms with Crippen molar-refractivity contribution in [2.75, 3.05) is 0 Å². The number of H-pyrrole nitrogens is 1. The molecule has 13 heavy (non-hydrogen) atoms. The van der Waals surface area contributed by atoms with E-state index in [2.05, 4.69) is 11.1 Å². The van der Waals surface area contributed by atoms with E-state index >= 15 is 0 Å². The van der Waals surface area contributed by atoms with Crippen LogP contribution in [0.3, 0.4) is 0 Å². The SMILES string of the molecule is O=c1[nH]c2ccccc2c2c1CC2. The summed E-state index contributed by atoms with van der Waals surface area (Å²) in [5.74, 6) is 0. The Hall–Kier alpha value is -1.57. The third kappa shape index (κ3) is 0.800. The molecule has 1 aromatic carbocycles. The Morgan fingerprint density at radius 3 is 2.62 bits per heavy atom. The first kappa shape index (κ1) is 6.89. The van der Waals surface area contributed by atoms with Crippen LogP contribution in [-0.4, -0.2) is 4.98 Å². The van der Waals surface area contributed by atoms with Crippen molar-refractivity contribution >= 4 is 10.9 Å². The van der Waals surface area contributed by atoms with Gasteiger partial charge < -0.3 is 4.98 Å². The van der Waals surface area contributed by atoms with Crippen molar-refractivity contribution in [2.24, 2.45) is 0 Å². The van der Waals surface area contributed by atoms with Crippen molar-refractivity contribution in [3.8, 4) is 0 Å². The highest BCUT2D eigenvalue weighted by Gasteiger charge is 2.19. The van der Waals surface area contributed by atoms with Crippen LogP contribution in [0.1, 0.15) is 11.1 Å². The minimum atomic E-state index is 0.0972. The zero-order valence-corrected chi connectivity index (χ0v) is 7.13. The molecule has 0 fully saturated rings. The molecular formula is C11H9NO. The Balaban J connectivity index is 2.57. The molecule has 1 heterocycles. The molecule has 0 bridgehead atoms. The number of aromatic nitrogens is 1. The lowest BCUT2D eigenvalue weighted by molar-refractivity contribution is 0.826. The molecular weight excluding hydrogens is 162 g/mol. The van der Waals surface area contributed by atoms with Gasteiger partial charge in [0.15, 0.2) is 0 Å². The molecule has 1 aliphatic carbocycles. The van der Waals surface area contributed by atoms with E-state index in [9.17, 15) is 4.79 Å². The molecule has 0 atom stereocenters. The topological polar surface area (TPSA) is 32.9 Å². The fourth-order valence-electron chi connectivity index (χ4n) is 1.98. The van der Waals surface area contributed by atoms with Gasteiger partial charge in [-0.25, -0.2) is 0 Å². The molecule has 2 aromatic rings. The van der Waals surface area contributed by atoms with E-state index in [1.807, 2.05) is 18.2 Å². The number of fused-ring (bicyclic) bond motifs is 3. The Kier molecular flexibility index (Phi) is 1.18. The maximum Gasteiger partial charge on any atom is 0.251 e. The first-order valence-corrected chi connectivity index (χ1v) is 4.49. The molecule has 2 nitrogen and oxygen atoms in total. The summed E-state index contributed by atoms with van der Waals surface area (Å²) in [6.45, 7) is 0. The van der Waals surface area contributed by atoms with Crippen LogP contribution >= 0.6 is 0 Å². The average molecular weight is 171 g/mol. The lowest BCUT2D eigenvalue weighted by Gasteiger charge is -2.19. The molecule has 0 amide bonds. The second-order valence-electron chi connectivity index (χ2n) is 3.46. The van der Waals surface area contributed by atoms with E-state index in [-0.39, 0.29) is 5.56 Å². The number of aryl methyl sites for hydroxylation is 1. The van der Waals surface area contributed by atoms with Crippen LogP contribution in [-0.2, 0) is 12.8 Å². The van der Waals surface area contributed by atoms with Crippen LogP contribution in [0.15, 0.2) is 29.1 Å². The van der Waals surface area contributed by atoms with Gasteiger partial charge in [-0.1, -0.05) is 18.2 Å². The number of aromatic amines is 1. The van der Waals surface area contributed by atoms with Crippen molar-refractivity contribution in [1.82, 2.24) is 4.98 Å². The fraction of sp³-hybridized carbons (Fsp3) is 0.182. The number of nitrogens with one attached hydrogen (secondary N) is 1. The number of rotatable bonds is 0. The molecule has 1 aliphatic rings. The minimum Gasteiger partial charge on any atom is -0.322 e. The molecule has 1 N–H and O–H groups in total. The van der Waals surface area contributed by atoms with Gasteiger partial charge in [0.2, 0.25) is 0 Å². The van der Waals surface area contributed by atoms with Crippen molar-refractivity contribution in [1.29, 1.82) is 0 Å². The molecule has 0 aliphatic heterocycles. The molecule has 0 saturated carbocycles. The van der Waals surface area contributed by atoms with E-state index in [0.29, 0.717) is 0 Å². The van der Waals surface area contributed by atoms with Crippen molar-refractivity contribution < 1.29 is 0 Å². The molecule has 0 unspecified atom stereocenters. The smallest absolute Gasteiger partial charge is 0.251 e. The second-order valence-corrected chi connectivity index (χ2v) is 3.46. The van der Waals surface area contributed by atoms with Crippen molar-refractivity contribution in [3.05, 3.63) is 45.7 Å². The molecule has 0 saturated heterocycles. The molecule has 0 radical (unpaired) electrons. The third-order valence-electron chi connectivity index (χ3n) is 2.76. The van der Waals surface area contributed by atoms with Gasteiger partial charge >= 0.3 is 0 Å². The van der Waals surface area contributed by atoms with E-state index in [4.69, 9.17) is 0 Å². The minimum absolute atomic E-state index is 0.0972. The van der Waals surface area contributed by atoms with Crippen molar-refractivity contribution in [3.63, 3.8) is 0 Å². The maximum absolute atomic E-state index is 11.4. The summed E-state index contributed by atoms with van der Waals surface area (Å²) in [6.07, 6.45) is 2.00. The van der Waals surface area contributed by atoms with Gasteiger partial charge in [-0.3, -0.25) is 4.79 Å². The zero-order chi connectivity index (χ0) is 8.84. The Bertz CT molecular complexity index is 539. The monoisotopic (exact) mass is 171 g/mol. The first-order chi connectivity index (χ1) is 6.36. The van der Waals surface area contributed by atoms with E-state index in [1.54, 1.807) is 0 Å². The molecule has 1 aromatic heterocycles. The van der Waals surface area contributed by atoms with Crippen LogP contribution < -0.4 is 5.56 Å². The number of hydrogen-bond donors (Lipinski definition) is 1. The summed E-state index contributed by atoms with van der Waals surface area (Å²) < 4.78 is 0. The normalized spacial score (nSPS) is 13.8. The predicted molar refractivity (Wildman–Crippen MR) is 52.0 cm³/mol. The average Bonchev–Trinajstić information content (AvgIpc) is 2.04. The number of benzene rings is 1. The van der Waals surface area contributed by atoms with Crippen LogP contribution in [0.2, 0.25) is 0 Å². The highest BCUT2D eigenvalue weighted by molar-refractivity contribution is 5.84. The standard InChI is InChI=1S/C11H9NO/c13-11-9-6-5-7(9)8-3-1-2-4-10(8)12-11/h1-4H,5-6H2,(H,12,13). The van der Waals surface area contributed by atoms with Crippen molar-refractivity contribution in [2.45, 2.75) is 12.8 Å². The van der Waals surface area contributed by atoms with Gasteiger partial charge in [0.05, 0.1) is 0 Å². The van der Waals surface area contributed by atoms with Gasteiger partial charge in [-0.2, -0.15) is 0 Å². The highest BCUT2D eigenvalue weighted by atomic mass is 16.1. The zero-order valence-electron chi connectivity index (χ0n) is 7.13. The van der Waals surface area contributed by atoms with Gasteiger partial charge in [0.1, 0.15) is 0 Å². The van der Waals surface area contributed by atoms with Gasteiger partial charge in [0, 0.05) is 16.5 Å². The Labute approximate surface area is 75.2 Å². The van der Waals surface area contributed by atoms with Crippen LogP contribution in [0, 0.1) is 0 Å². The van der Waals surface area contributed by atoms with Gasteiger partial charge in [-0.05, 0) is 24.5 Å². The number of pyridine rings is 1. The second kappa shape index (κ2) is 2.22. The van der Waals surface area contributed by atoms with E-state index in [1.165, 1.54) is 10.9 Å². The van der Waals surface area contributed by atoms with Crippen LogP contribution in [0.25, 0.3) is 10.9 Å². The predicted octanol–water partition coefficient (Wildman–Crippen LogP) is 1.63. The number of para-hydroxylation sites is 1. The van der Waals surface area contributed by atoms with Crippen LogP contribution in [0.5, 0.6) is 0 Å². The lowest BCUT2D eigenvalue weighted by atomic mass is 9.87. The quantitative estimate of drug-likeness (QED) is 0.642. The highest BCUT2D eigenvalue weighted by Crippen LogP contribution is 2.26. The molecule has 64 valence electrons. The lowest BCUT2D eigenvalue weighted by Crippen LogP contribution is -2.23. The summed E-state index contributed by atoms with van der Waals surface area (Å²) in [5, 5.41) is 1.21.